The molecule has 5 heteroatoms. The third-order valence-corrected chi connectivity index (χ3v) is 4.81. The lowest BCUT2D eigenvalue weighted by Crippen LogP contribution is -2.40. The highest BCUT2D eigenvalue weighted by Gasteiger charge is 2.43. The second-order valence-corrected chi connectivity index (χ2v) is 6.35. The highest BCUT2D eigenvalue weighted by Crippen LogP contribution is 2.47. The van der Waals surface area contributed by atoms with Crippen molar-refractivity contribution in [2.24, 2.45) is 0 Å². The summed E-state index contributed by atoms with van der Waals surface area (Å²) in [4.78, 5) is 0. The summed E-state index contributed by atoms with van der Waals surface area (Å²) in [5.41, 5.74) is 1.44. The summed E-state index contributed by atoms with van der Waals surface area (Å²) in [5.74, 6) is 1.67. The molecule has 2 aromatic rings. The first-order valence-corrected chi connectivity index (χ1v) is 8.06. The molecule has 0 bridgehead atoms. The Morgan fingerprint density at radius 2 is 1.96 bits per heavy atom. The number of aromatic nitrogens is 2. The predicted octanol–water partition coefficient (Wildman–Crippen LogP) is 3.60. The second-order valence-electron chi connectivity index (χ2n) is 6.35. The van der Waals surface area contributed by atoms with Crippen molar-refractivity contribution in [1.29, 1.82) is 5.26 Å². The number of anilines is 1. The Balaban J connectivity index is 1.64. The van der Waals surface area contributed by atoms with E-state index in [9.17, 15) is 0 Å². The molecule has 1 spiro atoms. The molecule has 116 valence electrons. The summed E-state index contributed by atoms with van der Waals surface area (Å²) in [6, 6.07) is 13.8. The summed E-state index contributed by atoms with van der Waals surface area (Å²) < 4.78 is 6.37. The molecule has 1 aliphatic heterocycles. The number of para-hydroxylation sites is 1. The van der Waals surface area contributed by atoms with Crippen LogP contribution in [0.3, 0.4) is 0 Å². The fourth-order valence-electron chi connectivity index (χ4n) is 3.72. The zero-order valence-corrected chi connectivity index (χ0v) is 12.8. The fraction of sp³-hybridized carbons (Fsp3) is 0.389. The molecule has 0 radical (unpaired) electrons. The first-order chi connectivity index (χ1) is 11.3. The van der Waals surface area contributed by atoms with Crippen LogP contribution >= 0.6 is 0 Å². The molecule has 0 amide bonds. The van der Waals surface area contributed by atoms with Crippen molar-refractivity contribution >= 4 is 5.82 Å². The van der Waals surface area contributed by atoms with Crippen molar-refractivity contribution in [2.45, 2.75) is 43.7 Å². The van der Waals surface area contributed by atoms with Crippen molar-refractivity contribution in [1.82, 2.24) is 10.2 Å². The molecule has 1 unspecified atom stereocenters. The number of fused-ring (bicyclic) bond motifs is 1. The van der Waals surface area contributed by atoms with Gasteiger partial charge in [0, 0.05) is 12.0 Å². The van der Waals surface area contributed by atoms with Crippen LogP contribution in [-0.4, -0.2) is 15.8 Å². The fourth-order valence-corrected chi connectivity index (χ4v) is 3.72. The molecular formula is C18H18N4O. The molecule has 1 atom stereocenters. The van der Waals surface area contributed by atoms with E-state index >= 15 is 0 Å². The van der Waals surface area contributed by atoms with Gasteiger partial charge < -0.3 is 10.1 Å². The van der Waals surface area contributed by atoms with Crippen molar-refractivity contribution in [3.8, 4) is 11.8 Å². The lowest BCUT2D eigenvalue weighted by molar-refractivity contribution is 0.0453. The van der Waals surface area contributed by atoms with Gasteiger partial charge in [-0.2, -0.15) is 5.26 Å². The van der Waals surface area contributed by atoms with E-state index in [4.69, 9.17) is 10.00 Å². The van der Waals surface area contributed by atoms with Gasteiger partial charge in [-0.05, 0) is 43.9 Å². The largest absolute Gasteiger partial charge is 0.487 e. The van der Waals surface area contributed by atoms with Gasteiger partial charge in [0.1, 0.15) is 23.2 Å². The minimum absolute atomic E-state index is 0.0496. The van der Waals surface area contributed by atoms with E-state index in [0.717, 1.165) is 30.6 Å². The average molecular weight is 306 g/mol. The van der Waals surface area contributed by atoms with E-state index in [-0.39, 0.29) is 11.6 Å². The normalized spacial score (nSPS) is 21.3. The van der Waals surface area contributed by atoms with Gasteiger partial charge in [0.25, 0.3) is 0 Å². The maximum atomic E-state index is 8.83. The Morgan fingerprint density at radius 3 is 2.70 bits per heavy atom. The molecule has 1 aromatic heterocycles. The first-order valence-electron chi connectivity index (χ1n) is 8.06. The molecule has 1 N–H and O–H groups in total. The van der Waals surface area contributed by atoms with Crippen molar-refractivity contribution in [3.63, 3.8) is 0 Å². The molecule has 1 aromatic carbocycles. The molecule has 0 saturated heterocycles. The number of nitrogens with zero attached hydrogens (tertiary/aromatic N) is 3. The molecule has 1 fully saturated rings. The van der Waals surface area contributed by atoms with Crippen LogP contribution in [0.25, 0.3) is 0 Å². The average Bonchev–Trinajstić information content (AvgIpc) is 3.03. The van der Waals surface area contributed by atoms with E-state index < -0.39 is 0 Å². The van der Waals surface area contributed by atoms with Crippen LogP contribution in [0, 0.1) is 11.3 Å². The van der Waals surface area contributed by atoms with Crippen LogP contribution in [0.2, 0.25) is 0 Å². The Morgan fingerprint density at radius 1 is 1.13 bits per heavy atom. The smallest absolute Gasteiger partial charge is 0.163 e. The van der Waals surface area contributed by atoms with E-state index in [1.165, 1.54) is 12.8 Å². The highest BCUT2D eigenvalue weighted by atomic mass is 16.5. The van der Waals surface area contributed by atoms with Gasteiger partial charge in [-0.3, -0.25) is 0 Å². The topological polar surface area (TPSA) is 70.8 Å². The summed E-state index contributed by atoms with van der Waals surface area (Å²) in [5, 5.41) is 20.3. The molecular weight excluding hydrogens is 288 g/mol. The van der Waals surface area contributed by atoms with Gasteiger partial charge in [-0.25, -0.2) is 0 Å². The van der Waals surface area contributed by atoms with Crippen LogP contribution < -0.4 is 10.1 Å². The van der Waals surface area contributed by atoms with E-state index in [0.29, 0.717) is 11.5 Å². The van der Waals surface area contributed by atoms with Crippen LogP contribution in [-0.2, 0) is 0 Å². The van der Waals surface area contributed by atoms with Gasteiger partial charge in [-0.1, -0.05) is 18.2 Å². The zero-order valence-electron chi connectivity index (χ0n) is 12.8. The van der Waals surface area contributed by atoms with Crippen LogP contribution in [0.4, 0.5) is 5.82 Å². The molecule has 23 heavy (non-hydrogen) atoms. The molecule has 2 heterocycles. The molecule has 1 aliphatic carbocycles. The van der Waals surface area contributed by atoms with E-state index in [1.807, 2.05) is 30.3 Å². The minimum atomic E-state index is -0.0496. The van der Waals surface area contributed by atoms with Crippen LogP contribution in [0.5, 0.6) is 5.75 Å². The Hall–Kier alpha value is -2.61. The number of ether oxygens (including phenoxy) is 1. The van der Waals surface area contributed by atoms with Gasteiger partial charge in [0.15, 0.2) is 5.69 Å². The van der Waals surface area contributed by atoms with Crippen molar-refractivity contribution in [3.05, 3.63) is 47.7 Å². The third-order valence-electron chi connectivity index (χ3n) is 4.81. The zero-order chi connectivity index (χ0) is 15.7. The minimum Gasteiger partial charge on any atom is -0.487 e. The number of nitriles is 1. The summed E-state index contributed by atoms with van der Waals surface area (Å²) in [7, 11) is 0. The van der Waals surface area contributed by atoms with Gasteiger partial charge >= 0.3 is 0 Å². The molecule has 2 aliphatic rings. The molecule has 5 nitrogen and oxygen atoms in total. The lowest BCUT2D eigenvalue weighted by Gasteiger charge is -2.40. The van der Waals surface area contributed by atoms with Crippen LogP contribution in [0.15, 0.2) is 36.4 Å². The number of nitrogens with one attached hydrogen (secondary N) is 1. The number of hydrogen-bond donors (Lipinski definition) is 1. The summed E-state index contributed by atoms with van der Waals surface area (Å²) in [6.07, 6.45) is 5.61. The summed E-state index contributed by atoms with van der Waals surface area (Å²) in [6.45, 7) is 0. The first kappa shape index (κ1) is 14.0. The molecule has 1 saturated carbocycles. The number of hydrogen-bond acceptors (Lipinski definition) is 5. The van der Waals surface area contributed by atoms with Crippen molar-refractivity contribution in [2.75, 3.05) is 5.32 Å². The van der Waals surface area contributed by atoms with Gasteiger partial charge in [0.2, 0.25) is 0 Å². The SMILES string of the molecule is N#Cc1ccc(NC2CC3(CCCC3)Oc3ccccc32)nn1. The van der Waals surface area contributed by atoms with Crippen molar-refractivity contribution < 1.29 is 4.74 Å². The number of rotatable bonds is 2. The predicted molar refractivity (Wildman–Crippen MR) is 86.0 cm³/mol. The Bertz CT molecular complexity index is 744. The van der Waals surface area contributed by atoms with Gasteiger partial charge in [0.05, 0.1) is 6.04 Å². The standard InChI is InChI=1S/C18H18N4O/c19-12-13-7-8-17(22-21-13)20-15-11-18(9-3-4-10-18)23-16-6-2-1-5-14(15)16/h1-2,5-8,15H,3-4,9-11H2,(H,20,22). The third kappa shape index (κ3) is 2.61. The second kappa shape index (κ2) is 5.54. The maximum Gasteiger partial charge on any atom is 0.163 e. The highest BCUT2D eigenvalue weighted by molar-refractivity contribution is 5.45. The monoisotopic (exact) mass is 306 g/mol. The maximum absolute atomic E-state index is 8.83. The lowest BCUT2D eigenvalue weighted by atomic mass is 9.86. The van der Waals surface area contributed by atoms with E-state index in [1.54, 1.807) is 6.07 Å². The van der Waals surface area contributed by atoms with Gasteiger partial charge in [-0.15, -0.1) is 10.2 Å². The Labute approximate surface area is 135 Å². The quantitative estimate of drug-likeness (QED) is 0.918. The summed E-state index contributed by atoms with van der Waals surface area (Å²) >= 11 is 0. The molecule has 4 rings (SSSR count). The van der Waals surface area contributed by atoms with E-state index in [2.05, 4.69) is 21.6 Å². The Kier molecular flexibility index (Phi) is 3.38. The number of benzene rings is 1. The van der Waals surface area contributed by atoms with Crippen LogP contribution in [0.1, 0.15) is 49.4 Å².